The van der Waals surface area contributed by atoms with Crippen molar-refractivity contribution in [1.82, 2.24) is 9.88 Å². The summed E-state index contributed by atoms with van der Waals surface area (Å²) in [7, 11) is 0. The second kappa shape index (κ2) is 9.98. The molecule has 2 aromatic carbocycles. The second-order valence-corrected chi connectivity index (χ2v) is 9.05. The standard InChI is InChI=1S/C25H27N3O2S/c1-18-7-9-21(10-8-18)26-23(29)15-24-27-22(17-31-24)16-28-13-11-20(12-14-28)25(30)19-5-3-2-4-6-19/h2-10,17,20H,11-16H2,1H3,(H,26,29). The van der Waals surface area contributed by atoms with Gasteiger partial charge in [0.2, 0.25) is 5.91 Å². The number of ketones is 1. The first-order valence-corrected chi connectivity index (χ1v) is 11.6. The molecular weight excluding hydrogens is 406 g/mol. The number of likely N-dealkylation sites (tertiary alicyclic amines) is 1. The van der Waals surface area contributed by atoms with Gasteiger partial charge in [-0.1, -0.05) is 48.0 Å². The Balaban J connectivity index is 1.24. The van der Waals surface area contributed by atoms with Gasteiger partial charge >= 0.3 is 0 Å². The molecule has 1 amide bonds. The van der Waals surface area contributed by atoms with Gasteiger partial charge in [-0.05, 0) is 45.0 Å². The van der Waals surface area contributed by atoms with E-state index in [4.69, 9.17) is 0 Å². The molecule has 1 aromatic heterocycles. The summed E-state index contributed by atoms with van der Waals surface area (Å²) in [4.78, 5) is 31.9. The zero-order valence-electron chi connectivity index (χ0n) is 17.7. The molecule has 0 aliphatic carbocycles. The van der Waals surface area contributed by atoms with Crippen LogP contribution < -0.4 is 5.32 Å². The third-order valence-corrected chi connectivity index (χ3v) is 6.55. The Bertz CT molecular complexity index is 1020. The van der Waals surface area contributed by atoms with Gasteiger partial charge in [-0.25, -0.2) is 4.98 Å². The van der Waals surface area contributed by atoms with Gasteiger partial charge in [0.05, 0.1) is 12.1 Å². The number of aryl methyl sites for hydroxylation is 1. The number of hydrogen-bond donors (Lipinski definition) is 1. The summed E-state index contributed by atoms with van der Waals surface area (Å²) >= 11 is 1.53. The first kappa shape index (κ1) is 21.4. The summed E-state index contributed by atoms with van der Waals surface area (Å²) in [6, 6.07) is 17.4. The average Bonchev–Trinajstić information content (AvgIpc) is 3.22. The van der Waals surface area contributed by atoms with E-state index >= 15 is 0 Å². The van der Waals surface area contributed by atoms with Gasteiger partial charge in [0.1, 0.15) is 5.01 Å². The van der Waals surface area contributed by atoms with E-state index < -0.39 is 0 Å². The number of aromatic nitrogens is 1. The van der Waals surface area contributed by atoms with Crippen molar-refractivity contribution in [2.24, 2.45) is 5.92 Å². The Hall–Kier alpha value is -2.83. The summed E-state index contributed by atoms with van der Waals surface area (Å²) in [6.45, 7) is 4.57. The van der Waals surface area contributed by atoms with Crippen LogP contribution in [-0.2, 0) is 17.8 Å². The van der Waals surface area contributed by atoms with E-state index in [1.165, 1.54) is 11.3 Å². The molecule has 1 saturated heterocycles. The van der Waals surface area contributed by atoms with Crippen LogP contribution in [0, 0.1) is 12.8 Å². The van der Waals surface area contributed by atoms with E-state index in [1.807, 2.05) is 66.9 Å². The molecule has 6 heteroatoms. The fraction of sp³-hybridized carbons (Fsp3) is 0.320. The topological polar surface area (TPSA) is 62.3 Å². The lowest BCUT2D eigenvalue weighted by atomic mass is 9.89. The minimum atomic E-state index is -0.0509. The Labute approximate surface area is 187 Å². The lowest BCUT2D eigenvalue weighted by Crippen LogP contribution is -2.36. The Morgan fingerprint density at radius 3 is 2.48 bits per heavy atom. The predicted octanol–water partition coefficient (Wildman–Crippen LogP) is 4.73. The van der Waals surface area contributed by atoms with Crippen molar-refractivity contribution in [2.45, 2.75) is 32.7 Å². The van der Waals surface area contributed by atoms with Gasteiger partial charge in [-0.15, -0.1) is 11.3 Å². The first-order valence-electron chi connectivity index (χ1n) is 10.7. The molecule has 0 unspecified atom stereocenters. The molecule has 4 rings (SSSR count). The normalized spacial score (nSPS) is 15.0. The summed E-state index contributed by atoms with van der Waals surface area (Å²) in [6.07, 6.45) is 2.04. The maximum atomic E-state index is 12.7. The zero-order valence-corrected chi connectivity index (χ0v) is 18.5. The van der Waals surface area contributed by atoms with Crippen molar-refractivity contribution in [3.8, 4) is 0 Å². The summed E-state index contributed by atoms with van der Waals surface area (Å²) in [5, 5.41) is 5.79. The minimum absolute atomic E-state index is 0.0509. The molecule has 2 heterocycles. The lowest BCUT2D eigenvalue weighted by Gasteiger charge is -2.30. The van der Waals surface area contributed by atoms with Crippen LogP contribution >= 0.6 is 11.3 Å². The molecular formula is C25H27N3O2S. The van der Waals surface area contributed by atoms with E-state index in [-0.39, 0.29) is 24.0 Å². The quantitative estimate of drug-likeness (QED) is 0.547. The first-order chi connectivity index (χ1) is 15.1. The minimum Gasteiger partial charge on any atom is -0.326 e. The molecule has 3 aromatic rings. The molecule has 31 heavy (non-hydrogen) atoms. The monoisotopic (exact) mass is 433 g/mol. The molecule has 0 saturated carbocycles. The smallest absolute Gasteiger partial charge is 0.231 e. The van der Waals surface area contributed by atoms with Gasteiger partial charge in [0, 0.05) is 29.1 Å². The van der Waals surface area contributed by atoms with Crippen LogP contribution in [0.2, 0.25) is 0 Å². The van der Waals surface area contributed by atoms with Gasteiger partial charge < -0.3 is 5.32 Å². The Kier molecular flexibility index (Phi) is 6.89. The third-order valence-electron chi connectivity index (χ3n) is 5.65. The highest BCUT2D eigenvalue weighted by molar-refractivity contribution is 7.09. The van der Waals surface area contributed by atoms with E-state index in [0.29, 0.717) is 0 Å². The molecule has 5 nitrogen and oxygen atoms in total. The molecule has 0 atom stereocenters. The maximum absolute atomic E-state index is 12.7. The zero-order chi connectivity index (χ0) is 21.6. The highest BCUT2D eigenvalue weighted by atomic mass is 32.1. The van der Waals surface area contributed by atoms with Crippen LogP contribution in [0.3, 0.4) is 0 Å². The highest BCUT2D eigenvalue weighted by Gasteiger charge is 2.26. The van der Waals surface area contributed by atoms with Gasteiger partial charge in [-0.3, -0.25) is 14.5 Å². The number of anilines is 1. The van der Waals surface area contributed by atoms with Crippen molar-refractivity contribution in [3.05, 3.63) is 81.8 Å². The van der Waals surface area contributed by atoms with E-state index in [9.17, 15) is 9.59 Å². The summed E-state index contributed by atoms with van der Waals surface area (Å²) in [5.74, 6) is 0.316. The summed E-state index contributed by atoms with van der Waals surface area (Å²) in [5.41, 5.74) is 3.78. The highest BCUT2D eigenvalue weighted by Crippen LogP contribution is 2.23. The van der Waals surface area contributed by atoms with Crippen molar-refractivity contribution < 1.29 is 9.59 Å². The molecule has 0 radical (unpaired) electrons. The van der Waals surface area contributed by atoms with Crippen LogP contribution in [0.25, 0.3) is 0 Å². The van der Waals surface area contributed by atoms with Crippen molar-refractivity contribution in [3.63, 3.8) is 0 Å². The molecule has 0 bridgehead atoms. The Morgan fingerprint density at radius 1 is 1.06 bits per heavy atom. The second-order valence-electron chi connectivity index (χ2n) is 8.10. The fourth-order valence-corrected chi connectivity index (χ4v) is 4.69. The van der Waals surface area contributed by atoms with Crippen LogP contribution in [0.15, 0.2) is 60.0 Å². The average molecular weight is 434 g/mol. The van der Waals surface area contributed by atoms with Crippen molar-refractivity contribution in [1.29, 1.82) is 0 Å². The Morgan fingerprint density at radius 2 is 1.77 bits per heavy atom. The molecule has 1 fully saturated rings. The van der Waals surface area contributed by atoms with Crippen molar-refractivity contribution in [2.75, 3.05) is 18.4 Å². The van der Waals surface area contributed by atoms with Gasteiger partial charge in [-0.2, -0.15) is 0 Å². The predicted molar refractivity (Wildman–Crippen MR) is 124 cm³/mol. The molecule has 1 N–H and O–H groups in total. The third kappa shape index (κ3) is 5.87. The largest absolute Gasteiger partial charge is 0.326 e. The van der Waals surface area contributed by atoms with Crippen molar-refractivity contribution >= 4 is 28.7 Å². The number of benzene rings is 2. The van der Waals surface area contributed by atoms with Crippen LogP contribution in [0.1, 0.15) is 39.5 Å². The number of piperidine rings is 1. The number of thiazole rings is 1. The SMILES string of the molecule is Cc1ccc(NC(=O)Cc2nc(CN3CCC(C(=O)c4ccccc4)CC3)cs2)cc1. The number of amides is 1. The van der Waals surface area contributed by atoms with E-state index in [0.717, 1.165) is 60.0 Å². The fourth-order valence-electron chi connectivity index (χ4n) is 3.90. The molecule has 1 aliphatic heterocycles. The molecule has 0 spiro atoms. The summed E-state index contributed by atoms with van der Waals surface area (Å²) < 4.78 is 0. The van der Waals surface area contributed by atoms with Crippen LogP contribution in [0.4, 0.5) is 5.69 Å². The number of carbonyl (C=O) groups excluding carboxylic acids is 2. The number of carbonyl (C=O) groups is 2. The van der Waals surface area contributed by atoms with Crippen LogP contribution in [0.5, 0.6) is 0 Å². The molecule has 1 aliphatic rings. The number of nitrogens with zero attached hydrogens (tertiary/aromatic N) is 2. The molecule has 160 valence electrons. The lowest BCUT2D eigenvalue weighted by molar-refractivity contribution is -0.115. The van der Waals surface area contributed by atoms with E-state index in [1.54, 1.807) is 0 Å². The number of Topliss-reactive ketones (excluding diaryl/α,β-unsaturated/α-hetero) is 1. The van der Waals surface area contributed by atoms with Gasteiger partial charge in [0.25, 0.3) is 0 Å². The maximum Gasteiger partial charge on any atom is 0.231 e. The number of rotatable bonds is 7. The number of hydrogen-bond acceptors (Lipinski definition) is 5. The van der Waals surface area contributed by atoms with Crippen LogP contribution in [-0.4, -0.2) is 34.7 Å². The van der Waals surface area contributed by atoms with E-state index in [2.05, 4.69) is 15.2 Å². The number of nitrogens with one attached hydrogen (secondary N) is 1. The van der Waals surface area contributed by atoms with Gasteiger partial charge in [0.15, 0.2) is 5.78 Å².